The maximum absolute atomic E-state index is 9.82. The highest BCUT2D eigenvalue weighted by molar-refractivity contribution is 5.86. The van der Waals surface area contributed by atoms with E-state index in [1.54, 1.807) is 6.20 Å². The van der Waals surface area contributed by atoms with E-state index in [2.05, 4.69) is 30.9 Å². The molecule has 1 fully saturated rings. The van der Waals surface area contributed by atoms with Gasteiger partial charge in [0.1, 0.15) is 5.82 Å². The predicted octanol–water partition coefficient (Wildman–Crippen LogP) is 0.211. The third-order valence-electron chi connectivity index (χ3n) is 3.59. The number of aromatic nitrogens is 4. The molecule has 0 spiro atoms. The standard InChI is InChI=1S/C11H17N7O/c12-17-11-15-9(7-5-14-18-10(7)16-11)13-4-6-2-1-3-8(6)19/h5-6,8,19H,1-4,12H2,(H3,13,14,15,16,17,18). The molecule has 102 valence electrons. The Balaban J connectivity index is 1.81. The summed E-state index contributed by atoms with van der Waals surface area (Å²) in [6, 6.07) is 0. The van der Waals surface area contributed by atoms with Crippen molar-refractivity contribution in [2.24, 2.45) is 11.8 Å². The number of anilines is 2. The monoisotopic (exact) mass is 263 g/mol. The van der Waals surface area contributed by atoms with Gasteiger partial charge in [0.2, 0.25) is 5.95 Å². The molecule has 0 radical (unpaired) electrons. The number of aliphatic hydroxyl groups excluding tert-OH is 1. The van der Waals surface area contributed by atoms with Gasteiger partial charge in [-0.25, -0.2) is 5.84 Å². The van der Waals surface area contributed by atoms with Crippen molar-refractivity contribution in [1.82, 2.24) is 20.2 Å². The van der Waals surface area contributed by atoms with Crippen LogP contribution in [0.5, 0.6) is 0 Å². The van der Waals surface area contributed by atoms with Crippen LogP contribution in [-0.2, 0) is 0 Å². The molecule has 2 aromatic rings. The summed E-state index contributed by atoms with van der Waals surface area (Å²) in [7, 11) is 0. The molecule has 0 bridgehead atoms. The molecule has 19 heavy (non-hydrogen) atoms. The van der Waals surface area contributed by atoms with Crippen molar-refractivity contribution < 1.29 is 5.11 Å². The molecule has 2 aromatic heterocycles. The van der Waals surface area contributed by atoms with E-state index in [9.17, 15) is 5.11 Å². The number of aromatic amines is 1. The first-order chi connectivity index (χ1) is 9.28. The van der Waals surface area contributed by atoms with Gasteiger partial charge in [0.05, 0.1) is 17.7 Å². The molecule has 0 aliphatic heterocycles. The fourth-order valence-electron chi connectivity index (χ4n) is 2.52. The zero-order valence-corrected chi connectivity index (χ0v) is 10.4. The summed E-state index contributed by atoms with van der Waals surface area (Å²) in [5.74, 6) is 6.61. The highest BCUT2D eigenvalue weighted by Crippen LogP contribution is 2.27. The Morgan fingerprint density at radius 2 is 2.32 bits per heavy atom. The van der Waals surface area contributed by atoms with Crippen LogP contribution in [0.4, 0.5) is 11.8 Å². The van der Waals surface area contributed by atoms with Crippen molar-refractivity contribution >= 4 is 22.8 Å². The molecule has 8 nitrogen and oxygen atoms in total. The van der Waals surface area contributed by atoms with Crippen LogP contribution in [0.25, 0.3) is 11.0 Å². The van der Waals surface area contributed by atoms with Crippen LogP contribution in [-0.4, -0.2) is 37.9 Å². The van der Waals surface area contributed by atoms with Gasteiger partial charge in [-0.3, -0.25) is 10.5 Å². The maximum Gasteiger partial charge on any atom is 0.241 e. The van der Waals surface area contributed by atoms with E-state index in [-0.39, 0.29) is 12.0 Å². The van der Waals surface area contributed by atoms with Crippen LogP contribution in [0.3, 0.4) is 0 Å². The van der Waals surface area contributed by atoms with E-state index in [1.165, 1.54) is 0 Å². The van der Waals surface area contributed by atoms with Gasteiger partial charge in [0.25, 0.3) is 0 Å². The Morgan fingerprint density at radius 3 is 3.05 bits per heavy atom. The topological polar surface area (TPSA) is 125 Å². The molecule has 0 aromatic carbocycles. The lowest BCUT2D eigenvalue weighted by Crippen LogP contribution is -2.22. The summed E-state index contributed by atoms with van der Waals surface area (Å²) in [6.07, 6.45) is 4.45. The number of nitrogens with zero attached hydrogens (tertiary/aromatic N) is 3. The second-order valence-electron chi connectivity index (χ2n) is 4.81. The van der Waals surface area contributed by atoms with Crippen LogP contribution in [0.15, 0.2) is 6.20 Å². The molecule has 2 heterocycles. The summed E-state index contributed by atoms with van der Waals surface area (Å²) >= 11 is 0. The van der Waals surface area contributed by atoms with Gasteiger partial charge in [-0.15, -0.1) is 0 Å². The quantitative estimate of drug-likeness (QED) is 0.394. The molecule has 3 rings (SSSR count). The van der Waals surface area contributed by atoms with E-state index in [4.69, 9.17) is 5.84 Å². The molecule has 2 atom stereocenters. The van der Waals surface area contributed by atoms with E-state index >= 15 is 0 Å². The Morgan fingerprint density at radius 1 is 1.42 bits per heavy atom. The molecule has 1 aliphatic carbocycles. The highest BCUT2D eigenvalue weighted by atomic mass is 16.3. The average Bonchev–Trinajstić information content (AvgIpc) is 3.04. The fourth-order valence-corrected chi connectivity index (χ4v) is 2.52. The SMILES string of the molecule is NNc1nc(NCC2CCCC2O)c2cn[nH]c2n1. The van der Waals surface area contributed by atoms with Crippen LogP contribution in [0, 0.1) is 5.92 Å². The molecule has 0 amide bonds. The minimum atomic E-state index is -0.221. The van der Waals surface area contributed by atoms with Crippen LogP contribution < -0.4 is 16.6 Å². The van der Waals surface area contributed by atoms with E-state index in [0.29, 0.717) is 24.0 Å². The number of hydrazine groups is 1. The average molecular weight is 263 g/mol. The van der Waals surface area contributed by atoms with Crippen LogP contribution in [0.1, 0.15) is 19.3 Å². The lowest BCUT2D eigenvalue weighted by molar-refractivity contribution is 0.138. The van der Waals surface area contributed by atoms with Gasteiger partial charge in [-0.2, -0.15) is 15.1 Å². The van der Waals surface area contributed by atoms with Gasteiger partial charge in [-0.05, 0) is 12.8 Å². The maximum atomic E-state index is 9.82. The summed E-state index contributed by atoms with van der Waals surface area (Å²) in [4.78, 5) is 8.43. The predicted molar refractivity (Wildman–Crippen MR) is 71.3 cm³/mol. The third-order valence-corrected chi connectivity index (χ3v) is 3.59. The van der Waals surface area contributed by atoms with E-state index < -0.39 is 0 Å². The number of fused-ring (bicyclic) bond motifs is 1. The van der Waals surface area contributed by atoms with Gasteiger partial charge in [0, 0.05) is 12.5 Å². The number of aliphatic hydroxyl groups is 1. The number of nitrogens with two attached hydrogens (primary N) is 1. The van der Waals surface area contributed by atoms with Crippen LogP contribution in [0.2, 0.25) is 0 Å². The molecule has 8 heteroatoms. The Labute approximate surface area is 109 Å². The number of nitrogens with one attached hydrogen (secondary N) is 3. The third kappa shape index (κ3) is 2.32. The second kappa shape index (κ2) is 4.98. The summed E-state index contributed by atoms with van der Waals surface area (Å²) in [6.45, 7) is 0.683. The Kier molecular flexibility index (Phi) is 3.18. The number of nitrogen functional groups attached to an aromatic ring is 1. The van der Waals surface area contributed by atoms with Gasteiger partial charge < -0.3 is 10.4 Å². The van der Waals surface area contributed by atoms with Crippen molar-refractivity contribution in [2.45, 2.75) is 25.4 Å². The van der Waals surface area contributed by atoms with E-state index in [0.717, 1.165) is 24.6 Å². The van der Waals surface area contributed by atoms with Gasteiger partial charge >= 0.3 is 0 Å². The first kappa shape index (κ1) is 12.1. The second-order valence-corrected chi connectivity index (χ2v) is 4.81. The lowest BCUT2D eigenvalue weighted by Gasteiger charge is -2.16. The summed E-state index contributed by atoms with van der Waals surface area (Å²) in [5.41, 5.74) is 3.05. The van der Waals surface area contributed by atoms with Crippen molar-refractivity contribution in [3.63, 3.8) is 0 Å². The first-order valence-corrected chi connectivity index (χ1v) is 6.37. The number of hydrogen-bond donors (Lipinski definition) is 5. The number of rotatable bonds is 4. The minimum Gasteiger partial charge on any atom is -0.393 e. The zero-order valence-electron chi connectivity index (χ0n) is 10.4. The fraction of sp³-hybridized carbons (Fsp3) is 0.545. The highest BCUT2D eigenvalue weighted by Gasteiger charge is 2.25. The molecule has 1 aliphatic rings. The summed E-state index contributed by atoms with van der Waals surface area (Å²) in [5, 5.41) is 20.6. The molecule has 6 N–H and O–H groups in total. The molecule has 1 saturated carbocycles. The molecule has 2 unspecified atom stereocenters. The van der Waals surface area contributed by atoms with Crippen molar-refractivity contribution in [3.05, 3.63) is 6.20 Å². The summed E-state index contributed by atoms with van der Waals surface area (Å²) < 4.78 is 0. The zero-order chi connectivity index (χ0) is 13.2. The smallest absolute Gasteiger partial charge is 0.241 e. The lowest BCUT2D eigenvalue weighted by atomic mass is 10.1. The number of hydrogen-bond acceptors (Lipinski definition) is 7. The normalized spacial score (nSPS) is 22.8. The molecular weight excluding hydrogens is 246 g/mol. The Hall–Kier alpha value is -1.93. The van der Waals surface area contributed by atoms with Crippen molar-refractivity contribution in [3.8, 4) is 0 Å². The molecule has 0 saturated heterocycles. The van der Waals surface area contributed by atoms with Gasteiger partial charge in [0.15, 0.2) is 5.65 Å². The van der Waals surface area contributed by atoms with Crippen molar-refractivity contribution in [2.75, 3.05) is 17.3 Å². The minimum absolute atomic E-state index is 0.221. The number of H-pyrrole nitrogens is 1. The van der Waals surface area contributed by atoms with Crippen LogP contribution >= 0.6 is 0 Å². The largest absolute Gasteiger partial charge is 0.393 e. The van der Waals surface area contributed by atoms with Crippen molar-refractivity contribution in [1.29, 1.82) is 0 Å². The van der Waals surface area contributed by atoms with Gasteiger partial charge in [-0.1, -0.05) is 6.42 Å². The first-order valence-electron chi connectivity index (χ1n) is 6.37. The Bertz CT molecular complexity index is 569. The van der Waals surface area contributed by atoms with E-state index in [1.807, 2.05) is 0 Å². The molecular formula is C11H17N7O.